The van der Waals surface area contributed by atoms with E-state index in [0.29, 0.717) is 17.4 Å². The topological polar surface area (TPSA) is 66.5 Å². The standard InChI is InChI=1S/C20H27ClN2O3S/c1-23(2)27(25,26)17-6-4-3-5-16(17)12-22-18(24)19-8-14-7-15(9-19)11-20(21,10-14)13-19/h3-6,14-15H,7-13H2,1-2H3,(H,22,24). The van der Waals surface area contributed by atoms with Crippen molar-refractivity contribution in [3.63, 3.8) is 0 Å². The fourth-order valence-corrected chi connectivity index (χ4v) is 7.69. The van der Waals surface area contributed by atoms with Crippen LogP contribution in [0.1, 0.15) is 44.1 Å². The average Bonchev–Trinajstić information content (AvgIpc) is 2.57. The molecule has 1 N–H and O–H groups in total. The van der Waals surface area contributed by atoms with Crippen LogP contribution >= 0.6 is 11.6 Å². The van der Waals surface area contributed by atoms with Crippen molar-refractivity contribution in [2.45, 2.75) is 54.8 Å². The fourth-order valence-electron chi connectivity index (χ4n) is 5.88. The highest BCUT2D eigenvalue weighted by Gasteiger charge is 2.59. The first-order valence-electron chi connectivity index (χ1n) is 9.61. The molecule has 4 aliphatic rings. The van der Waals surface area contributed by atoms with E-state index >= 15 is 0 Å². The van der Waals surface area contributed by atoms with Crippen molar-refractivity contribution >= 4 is 27.5 Å². The molecular weight excluding hydrogens is 384 g/mol. The third kappa shape index (κ3) is 3.30. The molecule has 4 bridgehead atoms. The smallest absolute Gasteiger partial charge is 0.242 e. The van der Waals surface area contributed by atoms with Crippen LogP contribution in [0.2, 0.25) is 0 Å². The van der Waals surface area contributed by atoms with Gasteiger partial charge in [-0.1, -0.05) is 18.2 Å². The summed E-state index contributed by atoms with van der Waals surface area (Å²) in [5, 5.41) is 3.04. The zero-order valence-electron chi connectivity index (χ0n) is 15.9. The SMILES string of the molecule is CN(C)S(=O)(=O)c1ccccc1CNC(=O)C12CC3CC(CC(Cl)(C3)C1)C2. The third-order valence-corrected chi connectivity index (χ3v) is 9.00. The maximum absolute atomic E-state index is 13.2. The number of alkyl halides is 1. The molecule has 2 unspecified atom stereocenters. The van der Waals surface area contributed by atoms with Crippen molar-refractivity contribution in [3.05, 3.63) is 29.8 Å². The van der Waals surface area contributed by atoms with Crippen LogP contribution in [0.25, 0.3) is 0 Å². The van der Waals surface area contributed by atoms with E-state index < -0.39 is 10.0 Å². The van der Waals surface area contributed by atoms with E-state index in [4.69, 9.17) is 11.6 Å². The van der Waals surface area contributed by atoms with Crippen molar-refractivity contribution in [1.29, 1.82) is 0 Å². The molecule has 0 saturated heterocycles. The quantitative estimate of drug-likeness (QED) is 0.758. The first-order valence-corrected chi connectivity index (χ1v) is 11.4. The number of nitrogens with zero attached hydrogens (tertiary/aromatic N) is 1. The van der Waals surface area contributed by atoms with Crippen LogP contribution in [0.5, 0.6) is 0 Å². The van der Waals surface area contributed by atoms with Gasteiger partial charge in [-0.25, -0.2) is 12.7 Å². The van der Waals surface area contributed by atoms with Gasteiger partial charge < -0.3 is 5.32 Å². The highest BCUT2D eigenvalue weighted by atomic mass is 35.5. The van der Waals surface area contributed by atoms with Gasteiger partial charge in [0, 0.05) is 25.5 Å². The van der Waals surface area contributed by atoms with Crippen molar-refractivity contribution < 1.29 is 13.2 Å². The maximum atomic E-state index is 13.2. The van der Waals surface area contributed by atoms with Gasteiger partial charge in [0.15, 0.2) is 0 Å². The van der Waals surface area contributed by atoms with Crippen molar-refractivity contribution in [3.8, 4) is 0 Å². The van der Waals surface area contributed by atoms with Gasteiger partial charge in [0.05, 0.1) is 10.3 Å². The van der Waals surface area contributed by atoms with E-state index in [-0.39, 0.29) is 27.6 Å². The molecule has 0 heterocycles. The molecule has 4 fully saturated rings. The average molecular weight is 411 g/mol. The highest BCUT2D eigenvalue weighted by molar-refractivity contribution is 7.89. The first kappa shape index (κ1) is 19.2. The molecule has 7 heteroatoms. The molecule has 4 aliphatic carbocycles. The van der Waals surface area contributed by atoms with Gasteiger partial charge in [0.1, 0.15) is 0 Å². The summed E-state index contributed by atoms with van der Waals surface area (Å²) in [7, 11) is -0.521. The van der Waals surface area contributed by atoms with Crippen molar-refractivity contribution in [2.75, 3.05) is 14.1 Å². The van der Waals surface area contributed by atoms with E-state index in [0.717, 1.165) is 32.1 Å². The van der Waals surface area contributed by atoms with E-state index in [9.17, 15) is 13.2 Å². The molecule has 0 spiro atoms. The Balaban J connectivity index is 1.53. The predicted octanol–water partition coefficient (Wildman–Crippen LogP) is 3.13. The van der Waals surface area contributed by atoms with Crippen molar-refractivity contribution in [2.24, 2.45) is 17.3 Å². The Morgan fingerprint density at radius 3 is 2.41 bits per heavy atom. The van der Waals surface area contributed by atoms with Gasteiger partial charge in [0.2, 0.25) is 15.9 Å². The lowest BCUT2D eigenvalue weighted by molar-refractivity contribution is -0.144. The van der Waals surface area contributed by atoms with Crippen molar-refractivity contribution in [1.82, 2.24) is 9.62 Å². The fraction of sp³-hybridized carbons (Fsp3) is 0.650. The summed E-state index contributed by atoms with van der Waals surface area (Å²) in [4.78, 5) is 13.2. The van der Waals surface area contributed by atoms with Gasteiger partial charge in [-0.3, -0.25) is 4.79 Å². The number of amides is 1. The van der Waals surface area contributed by atoms with Crippen LogP contribution < -0.4 is 5.32 Å². The zero-order valence-corrected chi connectivity index (χ0v) is 17.4. The van der Waals surface area contributed by atoms with Gasteiger partial charge in [-0.2, -0.15) is 0 Å². The zero-order chi connectivity index (χ0) is 19.4. The summed E-state index contributed by atoms with van der Waals surface area (Å²) < 4.78 is 26.3. The summed E-state index contributed by atoms with van der Waals surface area (Å²) in [6.07, 6.45) is 5.85. The van der Waals surface area contributed by atoms with E-state index in [1.165, 1.54) is 24.8 Å². The van der Waals surface area contributed by atoms with Crippen LogP contribution in [0.3, 0.4) is 0 Å². The number of carbonyl (C=O) groups excluding carboxylic acids is 1. The van der Waals surface area contributed by atoms with Crippen LogP contribution in [-0.4, -0.2) is 37.6 Å². The number of halogens is 1. The molecule has 4 saturated carbocycles. The Kier molecular flexibility index (Phi) is 4.60. The summed E-state index contributed by atoms with van der Waals surface area (Å²) in [6.45, 7) is 0.217. The number of hydrogen-bond donors (Lipinski definition) is 1. The second kappa shape index (κ2) is 6.46. The summed E-state index contributed by atoms with van der Waals surface area (Å²) in [6, 6.07) is 6.86. The minimum Gasteiger partial charge on any atom is -0.351 e. The minimum absolute atomic E-state index is 0.0404. The van der Waals surface area contributed by atoms with Crippen LogP contribution in [0, 0.1) is 17.3 Å². The molecule has 0 aliphatic heterocycles. The first-order chi connectivity index (χ1) is 12.6. The summed E-state index contributed by atoms with van der Waals surface area (Å²) >= 11 is 6.84. The number of sulfonamides is 1. The number of nitrogens with one attached hydrogen (secondary N) is 1. The van der Waals surface area contributed by atoms with Crippen LogP contribution in [0.15, 0.2) is 29.2 Å². The lowest BCUT2D eigenvalue weighted by Gasteiger charge is -2.59. The lowest BCUT2D eigenvalue weighted by atomic mass is 9.49. The molecule has 5 nitrogen and oxygen atoms in total. The normalized spacial score (nSPS) is 34.8. The predicted molar refractivity (Wildman–Crippen MR) is 105 cm³/mol. The second-order valence-electron chi connectivity index (χ2n) is 8.97. The number of benzene rings is 1. The Morgan fingerprint density at radius 2 is 1.81 bits per heavy atom. The Bertz CT molecular complexity index is 854. The van der Waals surface area contributed by atoms with Crippen LogP contribution in [-0.2, 0) is 21.4 Å². The van der Waals surface area contributed by atoms with Gasteiger partial charge >= 0.3 is 0 Å². The number of rotatable bonds is 5. The molecular formula is C20H27ClN2O3S. The molecule has 148 valence electrons. The van der Waals surface area contributed by atoms with Gasteiger partial charge in [-0.05, 0) is 62.0 Å². The number of carbonyl (C=O) groups is 1. The maximum Gasteiger partial charge on any atom is 0.242 e. The Hall–Kier alpha value is -1.11. The third-order valence-electron chi connectivity index (χ3n) is 6.64. The number of hydrogen-bond acceptors (Lipinski definition) is 3. The molecule has 2 atom stereocenters. The highest BCUT2D eigenvalue weighted by Crippen LogP contribution is 2.63. The lowest BCUT2D eigenvalue weighted by Crippen LogP contribution is -2.58. The molecule has 0 radical (unpaired) electrons. The summed E-state index contributed by atoms with van der Waals surface area (Å²) in [5.41, 5.74) is 0.242. The molecule has 0 aromatic heterocycles. The minimum atomic E-state index is -3.55. The molecule has 1 aromatic carbocycles. The van der Waals surface area contributed by atoms with Gasteiger partial charge in [0.25, 0.3) is 0 Å². The molecule has 1 aromatic rings. The largest absolute Gasteiger partial charge is 0.351 e. The Labute approximate surface area is 166 Å². The van der Waals surface area contributed by atoms with E-state index in [2.05, 4.69) is 5.32 Å². The summed E-state index contributed by atoms with van der Waals surface area (Å²) in [5.74, 6) is 1.14. The molecule has 1 amide bonds. The molecule has 27 heavy (non-hydrogen) atoms. The van der Waals surface area contributed by atoms with E-state index in [1.54, 1.807) is 24.3 Å². The van der Waals surface area contributed by atoms with E-state index in [1.807, 2.05) is 0 Å². The molecule has 5 rings (SSSR count). The van der Waals surface area contributed by atoms with Gasteiger partial charge in [-0.15, -0.1) is 11.6 Å². The second-order valence-corrected chi connectivity index (χ2v) is 11.9. The van der Waals surface area contributed by atoms with Crippen LogP contribution in [0.4, 0.5) is 0 Å². The Morgan fingerprint density at radius 1 is 1.19 bits per heavy atom. The monoisotopic (exact) mass is 410 g/mol.